The highest BCUT2D eigenvalue weighted by molar-refractivity contribution is 6.01. The molecule has 0 spiro atoms. The predicted molar refractivity (Wildman–Crippen MR) is 465 cm³/mol. The average Bonchev–Trinajstić information content (AvgIpc) is 1.67. The van der Waals surface area contributed by atoms with Gasteiger partial charge in [-0.3, -0.25) is 77.1 Å². The third-order valence-electron chi connectivity index (χ3n) is 21.9. The number of aromatic nitrogens is 1. The molecule has 123 heavy (non-hydrogen) atoms. The van der Waals surface area contributed by atoms with Gasteiger partial charge in [-0.2, -0.15) is 0 Å². The van der Waals surface area contributed by atoms with E-state index in [1.54, 1.807) is 58.2 Å². The number of unbranched alkanes of at least 4 members (excludes halogenated alkanes) is 5. The van der Waals surface area contributed by atoms with E-state index in [0.29, 0.717) is 80.7 Å². The largest absolute Gasteiger partial charge is 0.391 e. The van der Waals surface area contributed by atoms with Crippen LogP contribution in [0.3, 0.4) is 0 Å². The Bertz CT molecular complexity index is 3830. The molecule has 0 bridgehead atoms. The number of nitrogens with two attached hydrogens (primary N) is 9. The summed E-state index contributed by atoms with van der Waals surface area (Å²) in [5, 5.41) is 45.2. The van der Waals surface area contributed by atoms with Gasteiger partial charge in [-0.05, 0) is 231 Å². The van der Waals surface area contributed by atoms with Crippen LogP contribution in [0.1, 0.15) is 208 Å². The van der Waals surface area contributed by atoms with Gasteiger partial charge in [0.05, 0.1) is 6.10 Å². The van der Waals surface area contributed by atoms with E-state index in [9.17, 15) is 43.5 Å². The van der Waals surface area contributed by atoms with Gasteiger partial charge in [-0.15, -0.1) is 0 Å². The minimum atomic E-state index is -1.76. The molecular formula is C82H142N26O15. The first kappa shape index (κ1) is 103. The number of carbonyl (C=O) groups excluding carboxylic acids is 14. The summed E-state index contributed by atoms with van der Waals surface area (Å²) in [7, 11) is 0. The van der Waals surface area contributed by atoms with Crippen molar-refractivity contribution in [2.45, 2.75) is 299 Å². The normalized spacial score (nSPS) is 25.3. The fraction of sp³-hybridized carbons (Fsp3) is 0.707. The molecule has 3 fully saturated rings. The number of fused-ring (bicyclic) bond motifs is 3. The molecule has 1 aromatic carbocycles. The maximum Gasteiger partial charge on any atom is 0.246 e. The van der Waals surface area contributed by atoms with Crippen molar-refractivity contribution in [1.29, 1.82) is 0 Å². The molecule has 1 aromatic heterocycles. The molecule has 32 N–H and O–H groups in total. The molecule has 5 rings (SSSR count). The lowest BCUT2D eigenvalue weighted by atomic mass is 9.99. The SMILES string of the molecule is CC(C)C[C@@H]1NC(=O)[C@H](CCCN=C(N)N)NC(=O)[C@H](CCCN=C(N)N)NC(=O)[C@H](CCCCN)NC(=O)[C@H](CCCCN)NC(=O)[C@H](CC(C)C)NC(=O)[C@H](Cc2c[nH]c3ccccc23)NC(=O)[C@H]([C@@H](C)O)NC(=O)[C@@H]2CCCN2C(=O)[C@H]2CCCN2C(=O)[C@H](CCCCN)NC(=O)[C@H](C)NC(=O)[C@H](CCCCN)NC(=O)[C@H](CCCCN)NC1=O. The number of nitrogens with one attached hydrogen (secondary N) is 13. The van der Waals surface area contributed by atoms with Crippen LogP contribution in [0.15, 0.2) is 40.4 Å². The van der Waals surface area contributed by atoms with Crippen molar-refractivity contribution in [1.82, 2.24) is 78.6 Å². The van der Waals surface area contributed by atoms with E-state index in [1.807, 2.05) is 0 Å². The number of rotatable bonds is 35. The van der Waals surface area contributed by atoms with E-state index in [1.165, 1.54) is 23.6 Å². The van der Waals surface area contributed by atoms with Crippen molar-refractivity contribution in [3.63, 3.8) is 0 Å². The molecule has 3 saturated heterocycles. The van der Waals surface area contributed by atoms with Crippen molar-refractivity contribution in [2.75, 3.05) is 58.9 Å². The molecule has 15 atom stereocenters. The molecule has 41 nitrogen and oxygen atoms in total. The van der Waals surface area contributed by atoms with Crippen molar-refractivity contribution < 1.29 is 72.2 Å². The Hall–Kier alpha value is -10.4. The number of guanidine groups is 2. The number of benzene rings is 1. The second-order valence-electron chi connectivity index (χ2n) is 33.1. The van der Waals surface area contributed by atoms with Gasteiger partial charge in [-0.25, -0.2) is 0 Å². The number of aliphatic imine (C=N–C) groups is 2. The van der Waals surface area contributed by atoms with E-state index in [4.69, 9.17) is 51.6 Å². The molecule has 3 aliphatic heterocycles. The molecule has 2 aromatic rings. The molecule has 0 radical (unpaired) electrons. The molecule has 4 heterocycles. The second-order valence-corrected chi connectivity index (χ2v) is 33.1. The zero-order valence-corrected chi connectivity index (χ0v) is 72.6. The van der Waals surface area contributed by atoms with Gasteiger partial charge < -0.3 is 135 Å². The number of amides is 14. The lowest BCUT2D eigenvalue weighted by molar-refractivity contribution is -0.148. The minimum Gasteiger partial charge on any atom is -0.391 e. The summed E-state index contributed by atoms with van der Waals surface area (Å²) < 4.78 is 0. The van der Waals surface area contributed by atoms with Gasteiger partial charge in [-0.1, -0.05) is 45.9 Å². The third kappa shape index (κ3) is 34.7. The molecule has 41 heteroatoms. The number of H-pyrrole nitrogens is 1. The van der Waals surface area contributed by atoms with Crippen molar-refractivity contribution in [2.24, 2.45) is 73.4 Å². The maximum absolute atomic E-state index is 15.2. The number of nitrogens with zero attached hydrogens (tertiary/aromatic N) is 4. The van der Waals surface area contributed by atoms with E-state index < -0.39 is 173 Å². The van der Waals surface area contributed by atoms with Crippen LogP contribution in [-0.4, -0.2) is 264 Å². The number of hydrogen-bond donors (Lipinski definition) is 23. The van der Waals surface area contributed by atoms with E-state index >= 15 is 28.8 Å². The third-order valence-corrected chi connectivity index (χ3v) is 21.9. The van der Waals surface area contributed by atoms with Gasteiger partial charge in [0, 0.05) is 49.7 Å². The van der Waals surface area contributed by atoms with E-state index in [-0.39, 0.29) is 185 Å². The summed E-state index contributed by atoms with van der Waals surface area (Å²) in [6, 6.07) is -12.4. The zero-order chi connectivity index (χ0) is 90.8. The van der Waals surface area contributed by atoms with Crippen molar-refractivity contribution in [3.8, 4) is 0 Å². The predicted octanol–water partition coefficient (Wildman–Crippen LogP) is -4.23. The summed E-state index contributed by atoms with van der Waals surface area (Å²) in [4.78, 5) is 223. The molecule has 0 aliphatic carbocycles. The maximum atomic E-state index is 15.2. The molecule has 0 saturated carbocycles. The number of aromatic amines is 1. The van der Waals surface area contributed by atoms with Gasteiger partial charge in [0.1, 0.15) is 84.6 Å². The number of aliphatic hydroxyl groups excluding tert-OH is 1. The van der Waals surface area contributed by atoms with Crippen LogP contribution in [0.25, 0.3) is 10.9 Å². The monoisotopic (exact) mass is 1730 g/mol. The summed E-state index contributed by atoms with van der Waals surface area (Å²) in [5.41, 5.74) is 53.6. The number of aliphatic hydroxyl groups is 1. The standard InChI is InChI=1S/C82H142N26O15/c1-47(2)43-61-74(117)100-56(27-11-16-36-85)70(113)96-54(25-9-14-34-83)68(111)95-49(5)67(110)102-60(29-13-18-38-87)79(122)108-42-22-33-65(108)80(123)107-41-21-32-64(107)77(120)106-66(50(6)109)78(121)105-63(45-51-46-94-53-24-8-7-23-52(51)53)76(119)104-62(44-48(3)4)75(118)101-57(28-12-17-37-86)71(114)97-55(26-10-15-35-84)69(112)98-58(30-19-39-92-81(88)89)72(115)99-59(73(116)103-61)31-20-40-93-82(90)91/h7-8,23-24,46-50,54-66,94,109H,9-22,25-45,83-87H2,1-6H3,(H,95,111)(H,96,113)(H,97,114)(H,98,112)(H,99,115)(H,100,117)(H,101,118)(H,102,110)(H,103,116)(H,104,119)(H,105,121)(H,106,120)(H4,88,89,92)(H4,90,91,93)/t49-,50+,54-,55-,56-,57-,58-,59-,60-,61-,62-,63-,64-,65+,66-/m0/s1. The summed E-state index contributed by atoms with van der Waals surface area (Å²) >= 11 is 0. The van der Waals surface area contributed by atoms with Crippen molar-refractivity contribution >= 4 is 106 Å². The number of carbonyl (C=O) groups is 14. The molecular weight excluding hydrogens is 1590 g/mol. The van der Waals surface area contributed by atoms with Crippen LogP contribution in [0.5, 0.6) is 0 Å². The zero-order valence-electron chi connectivity index (χ0n) is 72.6. The summed E-state index contributed by atoms with van der Waals surface area (Å²) in [6.07, 6.45) is 4.04. The topological polar surface area (TPSA) is 685 Å². The van der Waals surface area contributed by atoms with Crippen LogP contribution >= 0.6 is 0 Å². The van der Waals surface area contributed by atoms with Gasteiger partial charge in [0.2, 0.25) is 82.7 Å². The number of para-hydroxylation sites is 1. The van der Waals surface area contributed by atoms with Gasteiger partial charge in [0.25, 0.3) is 0 Å². The minimum absolute atomic E-state index is 0.00616. The van der Waals surface area contributed by atoms with Crippen LogP contribution in [0, 0.1) is 11.8 Å². The lowest BCUT2D eigenvalue weighted by Crippen LogP contribution is -2.62. The Balaban J connectivity index is 1.67. The first-order valence-electron chi connectivity index (χ1n) is 43.8. The van der Waals surface area contributed by atoms with Gasteiger partial charge >= 0.3 is 0 Å². The van der Waals surface area contributed by atoms with Crippen LogP contribution in [-0.2, 0) is 73.5 Å². The smallest absolute Gasteiger partial charge is 0.246 e. The fourth-order valence-electron chi connectivity index (χ4n) is 15.2. The highest BCUT2D eigenvalue weighted by Gasteiger charge is 2.46. The summed E-state index contributed by atoms with van der Waals surface area (Å²) in [5.74, 6) is -12.7. The first-order chi connectivity index (χ1) is 58.7. The first-order valence-corrected chi connectivity index (χ1v) is 43.8. The van der Waals surface area contributed by atoms with E-state index in [0.717, 1.165) is 0 Å². The van der Waals surface area contributed by atoms with Crippen molar-refractivity contribution in [3.05, 3.63) is 36.0 Å². The molecule has 690 valence electrons. The Morgan fingerprint density at radius 2 is 0.724 bits per heavy atom. The second kappa shape index (κ2) is 54.3. The number of hydrogen-bond acceptors (Lipinski definition) is 22. The molecule has 0 unspecified atom stereocenters. The Labute approximate surface area is 720 Å². The average molecular weight is 1730 g/mol. The Morgan fingerprint density at radius 3 is 1.11 bits per heavy atom. The highest BCUT2D eigenvalue weighted by atomic mass is 16.3. The molecule has 3 aliphatic rings. The van der Waals surface area contributed by atoms with Crippen LogP contribution in [0.4, 0.5) is 0 Å². The molecule has 14 amide bonds. The van der Waals surface area contributed by atoms with E-state index in [2.05, 4.69) is 78.8 Å². The Morgan fingerprint density at radius 1 is 0.390 bits per heavy atom. The summed E-state index contributed by atoms with van der Waals surface area (Å²) in [6.45, 7) is 10.9. The highest BCUT2D eigenvalue weighted by Crippen LogP contribution is 2.28. The lowest BCUT2D eigenvalue weighted by Gasteiger charge is -2.34. The van der Waals surface area contributed by atoms with Gasteiger partial charge in [0.15, 0.2) is 11.9 Å². The van der Waals surface area contributed by atoms with Crippen LogP contribution < -0.4 is 115 Å². The quantitative estimate of drug-likeness (QED) is 0.0177. The van der Waals surface area contributed by atoms with Crippen LogP contribution in [0.2, 0.25) is 0 Å². The fourth-order valence-corrected chi connectivity index (χ4v) is 15.2. The Kier molecular flexibility index (Phi) is 45.6.